The second-order valence-corrected chi connectivity index (χ2v) is 5.83. The fourth-order valence-corrected chi connectivity index (χ4v) is 3.18. The second-order valence-electron chi connectivity index (χ2n) is 5.83. The van der Waals surface area contributed by atoms with Crippen molar-refractivity contribution in [1.82, 2.24) is 4.90 Å². The predicted molar refractivity (Wildman–Crippen MR) is 72.7 cm³/mol. The summed E-state index contributed by atoms with van der Waals surface area (Å²) in [5, 5.41) is 9.42. The Bertz CT molecular complexity index is 391. The molecule has 2 atom stereocenters. The molecule has 1 saturated heterocycles. The Morgan fingerprint density at radius 1 is 1.47 bits per heavy atom. The SMILES string of the molecule is CCC1(C(=O)O)CCCN(C(=O)CC2C=CCC2)C1. The van der Waals surface area contributed by atoms with Crippen LogP contribution in [0.3, 0.4) is 0 Å². The number of allylic oxidation sites excluding steroid dienone is 2. The summed E-state index contributed by atoms with van der Waals surface area (Å²) in [5.74, 6) is -0.279. The first-order valence-electron chi connectivity index (χ1n) is 7.25. The predicted octanol–water partition coefficient (Wildman–Crippen LogP) is 2.45. The highest BCUT2D eigenvalue weighted by molar-refractivity contribution is 5.80. The molecule has 0 spiro atoms. The Balaban J connectivity index is 1.98. The van der Waals surface area contributed by atoms with Gasteiger partial charge < -0.3 is 10.0 Å². The third-order valence-electron chi connectivity index (χ3n) is 4.61. The summed E-state index contributed by atoms with van der Waals surface area (Å²) in [5.41, 5.74) is -0.723. The van der Waals surface area contributed by atoms with Crippen LogP contribution in [0, 0.1) is 11.3 Å². The lowest BCUT2D eigenvalue weighted by molar-refractivity contribution is -0.155. The molecule has 0 bridgehead atoms. The summed E-state index contributed by atoms with van der Waals surface area (Å²) in [7, 11) is 0. The van der Waals surface area contributed by atoms with E-state index in [1.807, 2.05) is 6.92 Å². The van der Waals surface area contributed by atoms with Crippen molar-refractivity contribution >= 4 is 11.9 Å². The van der Waals surface area contributed by atoms with Crippen LogP contribution < -0.4 is 0 Å². The fourth-order valence-electron chi connectivity index (χ4n) is 3.18. The van der Waals surface area contributed by atoms with Crippen LogP contribution in [0.5, 0.6) is 0 Å². The van der Waals surface area contributed by atoms with Gasteiger partial charge in [0.05, 0.1) is 5.41 Å². The van der Waals surface area contributed by atoms with Gasteiger partial charge in [0.2, 0.25) is 5.91 Å². The van der Waals surface area contributed by atoms with Gasteiger partial charge in [-0.25, -0.2) is 0 Å². The molecular weight excluding hydrogens is 242 g/mol. The molecule has 0 saturated carbocycles. The van der Waals surface area contributed by atoms with Crippen molar-refractivity contribution in [3.8, 4) is 0 Å². The third-order valence-corrected chi connectivity index (χ3v) is 4.61. The third kappa shape index (κ3) is 2.99. The van der Waals surface area contributed by atoms with Gasteiger partial charge in [-0.2, -0.15) is 0 Å². The summed E-state index contributed by atoms with van der Waals surface area (Å²) in [4.78, 5) is 25.5. The Hall–Kier alpha value is -1.32. The van der Waals surface area contributed by atoms with Crippen molar-refractivity contribution in [1.29, 1.82) is 0 Å². The smallest absolute Gasteiger partial charge is 0.311 e. The molecule has 19 heavy (non-hydrogen) atoms. The molecule has 1 amide bonds. The van der Waals surface area contributed by atoms with E-state index >= 15 is 0 Å². The Morgan fingerprint density at radius 2 is 2.26 bits per heavy atom. The molecule has 0 aromatic carbocycles. The van der Waals surface area contributed by atoms with Gasteiger partial charge in [0.25, 0.3) is 0 Å². The van der Waals surface area contributed by atoms with Gasteiger partial charge in [-0.05, 0) is 38.0 Å². The first kappa shape index (κ1) is 14.1. The van der Waals surface area contributed by atoms with E-state index in [0.717, 1.165) is 19.3 Å². The van der Waals surface area contributed by atoms with E-state index < -0.39 is 11.4 Å². The number of carboxylic acids is 1. The zero-order valence-corrected chi connectivity index (χ0v) is 11.6. The number of rotatable bonds is 4. The van der Waals surface area contributed by atoms with Crippen LogP contribution in [0.15, 0.2) is 12.2 Å². The first-order valence-corrected chi connectivity index (χ1v) is 7.25. The van der Waals surface area contributed by atoms with Gasteiger partial charge in [0.1, 0.15) is 0 Å². The van der Waals surface area contributed by atoms with Crippen LogP contribution in [0.4, 0.5) is 0 Å². The van der Waals surface area contributed by atoms with E-state index in [0.29, 0.717) is 38.3 Å². The number of hydrogen-bond donors (Lipinski definition) is 1. The summed E-state index contributed by atoms with van der Waals surface area (Å²) < 4.78 is 0. The molecule has 2 aliphatic rings. The Labute approximate surface area is 114 Å². The summed E-state index contributed by atoms with van der Waals surface area (Å²) in [6.07, 6.45) is 8.97. The minimum absolute atomic E-state index is 0.121. The molecular formula is C15H23NO3. The minimum atomic E-state index is -0.756. The monoisotopic (exact) mass is 265 g/mol. The number of hydrogen-bond acceptors (Lipinski definition) is 2. The minimum Gasteiger partial charge on any atom is -0.481 e. The van der Waals surface area contributed by atoms with E-state index in [-0.39, 0.29) is 5.91 Å². The molecule has 0 aromatic heterocycles. The standard InChI is InChI=1S/C15H23NO3/c1-2-15(14(18)19)8-5-9-16(11-15)13(17)10-12-6-3-4-7-12/h3,6,12H,2,4-5,7-11H2,1H3,(H,18,19). The molecule has 1 fully saturated rings. The van der Waals surface area contributed by atoms with Crippen LogP contribution in [-0.2, 0) is 9.59 Å². The van der Waals surface area contributed by atoms with Crippen LogP contribution in [0.25, 0.3) is 0 Å². The maximum atomic E-state index is 12.3. The zero-order valence-electron chi connectivity index (χ0n) is 11.6. The summed E-state index contributed by atoms with van der Waals surface area (Å²) in [6.45, 7) is 3.00. The quantitative estimate of drug-likeness (QED) is 0.794. The Kier molecular flexibility index (Phi) is 4.27. The molecule has 4 nitrogen and oxygen atoms in total. The van der Waals surface area contributed by atoms with Gasteiger partial charge in [-0.15, -0.1) is 0 Å². The van der Waals surface area contributed by atoms with E-state index in [2.05, 4.69) is 12.2 Å². The van der Waals surface area contributed by atoms with Crippen LogP contribution in [-0.4, -0.2) is 35.0 Å². The second kappa shape index (κ2) is 5.76. The number of carbonyl (C=O) groups is 2. The lowest BCUT2D eigenvalue weighted by Crippen LogP contribution is -2.49. The maximum absolute atomic E-state index is 12.3. The van der Waals surface area contributed by atoms with E-state index in [4.69, 9.17) is 0 Å². The molecule has 2 rings (SSSR count). The number of nitrogens with zero attached hydrogens (tertiary/aromatic N) is 1. The van der Waals surface area contributed by atoms with Gasteiger partial charge >= 0.3 is 5.97 Å². The molecule has 2 unspecified atom stereocenters. The zero-order chi connectivity index (χ0) is 13.9. The number of carbonyl (C=O) groups excluding carboxylic acids is 1. The van der Waals surface area contributed by atoms with Crippen molar-refractivity contribution in [2.24, 2.45) is 11.3 Å². The topological polar surface area (TPSA) is 57.6 Å². The molecule has 0 radical (unpaired) electrons. The highest BCUT2D eigenvalue weighted by Crippen LogP contribution is 2.34. The average Bonchev–Trinajstić information content (AvgIpc) is 2.91. The van der Waals surface area contributed by atoms with E-state index in [1.165, 1.54) is 0 Å². The average molecular weight is 265 g/mol. The summed E-state index contributed by atoms with van der Waals surface area (Å²) >= 11 is 0. The lowest BCUT2D eigenvalue weighted by atomic mass is 9.77. The molecule has 1 aliphatic heterocycles. The largest absolute Gasteiger partial charge is 0.481 e. The van der Waals surface area contributed by atoms with E-state index in [1.54, 1.807) is 4.90 Å². The normalized spacial score (nSPS) is 30.6. The molecule has 106 valence electrons. The summed E-state index contributed by atoms with van der Waals surface area (Å²) in [6, 6.07) is 0. The van der Waals surface area contributed by atoms with Crippen molar-refractivity contribution < 1.29 is 14.7 Å². The van der Waals surface area contributed by atoms with Gasteiger partial charge in [0.15, 0.2) is 0 Å². The molecule has 0 aromatic rings. The molecule has 1 aliphatic carbocycles. The number of likely N-dealkylation sites (tertiary alicyclic amines) is 1. The highest BCUT2D eigenvalue weighted by Gasteiger charge is 2.42. The van der Waals surface area contributed by atoms with E-state index in [9.17, 15) is 14.7 Å². The highest BCUT2D eigenvalue weighted by atomic mass is 16.4. The van der Waals surface area contributed by atoms with Crippen molar-refractivity contribution in [3.05, 3.63) is 12.2 Å². The molecule has 1 heterocycles. The molecule has 4 heteroatoms. The van der Waals surface area contributed by atoms with Gasteiger partial charge in [-0.1, -0.05) is 19.1 Å². The van der Waals surface area contributed by atoms with Crippen LogP contribution in [0.1, 0.15) is 45.4 Å². The number of piperidine rings is 1. The van der Waals surface area contributed by atoms with Crippen LogP contribution in [0.2, 0.25) is 0 Å². The maximum Gasteiger partial charge on any atom is 0.311 e. The van der Waals surface area contributed by atoms with Crippen molar-refractivity contribution in [3.63, 3.8) is 0 Å². The van der Waals surface area contributed by atoms with Crippen LogP contribution >= 0.6 is 0 Å². The van der Waals surface area contributed by atoms with Gasteiger partial charge in [0, 0.05) is 19.5 Å². The first-order chi connectivity index (χ1) is 9.07. The Morgan fingerprint density at radius 3 is 2.84 bits per heavy atom. The lowest BCUT2D eigenvalue weighted by Gasteiger charge is -2.39. The van der Waals surface area contributed by atoms with Crippen molar-refractivity contribution in [2.45, 2.75) is 45.4 Å². The van der Waals surface area contributed by atoms with Crippen molar-refractivity contribution in [2.75, 3.05) is 13.1 Å². The van der Waals surface area contributed by atoms with Gasteiger partial charge in [-0.3, -0.25) is 9.59 Å². The number of aliphatic carboxylic acids is 1. The molecule has 1 N–H and O–H groups in total. The fraction of sp³-hybridized carbons (Fsp3) is 0.733. The number of carboxylic acid groups (broad SMARTS) is 1. The number of amides is 1.